The van der Waals surface area contributed by atoms with E-state index in [1.165, 1.54) is 12.1 Å². The molecule has 5 heteroatoms. The van der Waals surface area contributed by atoms with E-state index in [-0.39, 0.29) is 17.9 Å². The van der Waals surface area contributed by atoms with Crippen LogP contribution < -0.4 is 5.32 Å². The molecule has 1 amide bonds. The van der Waals surface area contributed by atoms with Crippen LogP contribution in [-0.2, 0) is 9.53 Å². The lowest BCUT2D eigenvalue weighted by atomic mass is 10.1. The Labute approximate surface area is 106 Å². The number of ether oxygens (including phenoxy) is 1. The number of benzene rings is 1. The topological polar surface area (TPSA) is 85.9 Å². The van der Waals surface area contributed by atoms with Gasteiger partial charge in [-0.25, -0.2) is 0 Å². The third-order valence-electron chi connectivity index (χ3n) is 2.22. The lowest BCUT2D eigenvalue weighted by Gasteiger charge is -2.06. The summed E-state index contributed by atoms with van der Waals surface area (Å²) < 4.78 is 5.07. The second-order valence-corrected chi connectivity index (χ2v) is 3.48. The first kappa shape index (κ1) is 13.7. The number of anilines is 1. The summed E-state index contributed by atoms with van der Waals surface area (Å²) >= 11 is 0. The number of nitrogens with one attached hydrogen (secondary N) is 1. The molecule has 0 saturated heterocycles. The number of nitriles is 2. The van der Waals surface area contributed by atoms with E-state index >= 15 is 0 Å². The van der Waals surface area contributed by atoms with Crippen LogP contribution in [-0.4, -0.2) is 19.1 Å². The zero-order valence-corrected chi connectivity index (χ0v) is 10.1. The quantitative estimate of drug-likeness (QED) is 0.799. The Bertz CT molecular complexity index is 512. The fourth-order valence-corrected chi connectivity index (χ4v) is 1.34. The van der Waals surface area contributed by atoms with Gasteiger partial charge in [0.05, 0.1) is 24.2 Å². The van der Waals surface area contributed by atoms with Crippen molar-refractivity contribution in [3.8, 4) is 12.1 Å². The van der Waals surface area contributed by atoms with Crippen LogP contribution in [0.4, 0.5) is 5.69 Å². The Morgan fingerprint density at radius 2 is 2.06 bits per heavy atom. The maximum absolute atomic E-state index is 11.5. The van der Waals surface area contributed by atoms with Crippen molar-refractivity contribution in [2.24, 2.45) is 0 Å². The SMILES string of the molecule is CCOCCC(=O)Nc1ccc(C#N)c(C#N)c1. The smallest absolute Gasteiger partial charge is 0.226 e. The number of hydrogen-bond acceptors (Lipinski definition) is 4. The highest BCUT2D eigenvalue weighted by molar-refractivity contribution is 5.91. The molecule has 18 heavy (non-hydrogen) atoms. The number of carbonyl (C=O) groups excluding carboxylic acids is 1. The van der Waals surface area contributed by atoms with E-state index < -0.39 is 0 Å². The molecule has 0 unspecified atom stereocenters. The summed E-state index contributed by atoms with van der Waals surface area (Å²) in [6.45, 7) is 2.80. The molecule has 0 fully saturated rings. The summed E-state index contributed by atoms with van der Waals surface area (Å²) in [5, 5.41) is 20.3. The molecular weight excluding hydrogens is 230 g/mol. The molecule has 0 saturated carbocycles. The lowest BCUT2D eigenvalue weighted by Crippen LogP contribution is -2.14. The molecule has 1 aromatic carbocycles. The van der Waals surface area contributed by atoms with Gasteiger partial charge in [0.2, 0.25) is 5.91 Å². The van der Waals surface area contributed by atoms with Gasteiger partial charge in [-0.3, -0.25) is 4.79 Å². The van der Waals surface area contributed by atoms with Crippen LogP contribution in [0.25, 0.3) is 0 Å². The van der Waals surface area contributed by atoms with Gasteiger partial charge in [-0.2, -0.15) is 10.5 Å². The minimum atomic E-state index is -0.183. The summed E-state index contributed by atoms with van der Waals surface area (Å²) in [5.41, 5.74) is 1.05. The molecule has 1 rings (SSSR count). The van der Waals surface area contributed by atoms with Gasteiger partial charge >= 0.3 is 0 Å². The average Bonchev–Trinajstić information content (AvgIpc) is 2.39. The Hall–Kier alpha value is -2.37. The number of amides is 1. The van der Waals surface area contributed by atoms with E-state index in [4.69, 9.17) is 15.3 Å². The van der Waals surface area contributed by atoms with Gasteiger partial charge in [-0.05, 0) is 25.1 Å². The summed E-state index contributed by atoms with van der Waals surface area (Å²) in [7, 11) is 0. The van der Waals surface area contributed by atoms with Gasteiger partial charge in [0, 0.05) is 12.3 Å². The molecule has 0 aliphatic carbocycles. The zero-order chi connectivity index (χ0) is 13.4. The fourth-order valence-electron chi connectivity index (χ4n) is 1.34. The first-order valence-corrected chi connectivity index (χ1v) is 5.53. The normalized spacial score (nSPS) is 9.28. The molecule has 0 aliphatic rings. The molecule has 5 nitrogen and oxygen atoms in total. The molecule has 0 radical (unpaired) electrons. The van der Waals surface area contributed by atoms with E-state index in [0.29, 0.717) is 24.5 Å². The third kappa shape index (κ3) is 3.89. The van der Waals surface area contributed by atoms with Gasteiger partial charge in [0.25, 0.3) is 0 Å². The molecule has 0 spiro atoms. The number of carbonyl (C=O) groups is 1. The monoisotopic (exact) mass is 243 g/mol. The number of nitrogens with zero attached hydrogens (tertiary/aromatic N) is 2. The highest BCUT2D eigenvalue weighted by atomic mass is 16.5. The van der Waals surface area contributed by atoms with Crippen LogP contribution in [0.15, 0.2) is 18.2 Å². The summed E-state index contributed by atoms with van der Waals surface area (Å²) in [6, 6.07) is 8.42. The van der Waals surface area contributed by atoms with Crippen molar-refractivity contribution in [3.63, 3.8) is 0 Å². The second kappa shape index (κ2) is 7.05. The van der Waals surface area contributed by atoms with Crippen molar-refractivity contribution in [1.82, 2.24) is 0 Å². The average molecular weight is 243 g/mol. The van der Waals surface area contributed by atoms with Crippen molar-refractivity contribution in [2.75, 3.05) is 18.5 Å². The zero-order valence-electron chi connectivity index (χ0n) is 10.1. The fraction of sp³-hybridized carbons (Fsp3) is 0.308. The van der Waals surface area contributed by atoms with Crippen LogP contribution in [0, 0.1) is 22.7 Å². The lowest BCUT2D eigenvalue weighted by molar-refractivity contribution is -0.117. The predicted octanol–water partition coefficient (Wildman–Crippen LogP) is 1.80. The number of rotatable bonds is 5. The summed E-state index contributed by atoms with van der Waals surface area (Å²) in [6.07, 6.45) is 0.260. The highest BCUT2D eigenvalue weighted by Crippen LogP contribution is 2.14. The van der Waals surface area contributed by atoms with Gasteiger partial charge < -0.3 is 10.1 Å². The van der Waals surface area contributed by atoms with Gasteiger partial charge in [0.1, 0.15) is 12.1 Å². The van der Waals surface area contributed by atoms with E-state index in [1.54, 1.807) is 6.07 Å². The highest BCUT2D eigenvalue weighted by Gasteiger charge is 2.06. The van der Waals surface area contributed by atoms with Crippen LogP contribution in [0.1, 0.15) is 24.5 Å². The van der Waals surface area contributed by atoms with Crippen molar-refractivity contribution in [2.45, 2.75) is 13.3 Å². The van der Waals surface area contributed by atoms with Crippen molar-refractivity contribution in [3.05, 3.63) is 29.3 Å². The molecule has 0 heterocycles. The predicted molar refractivity (Wildman–Crippen MR) is 65.6 cm³/mol. The largest absolute Gasteiger partial charge is 0.381 e. The van der Waals surface area contributed by atoms with Gasteiger partial charge in [-0.15, -0.1) is 0 Å². The van der Waals surface area contributed by atoms with Crippen LogP contribution in [0.3, 0.4) is 0 Å². The second-order valence-electron chi connectivity index (χ2n) is 3.48. The van der Waals surface area contributed by atoms with Crippen LogP contribution in [0.5, 0.6) is 0 Å². The molecule has 92 valence electrons. The first-order valence-electron chi connectivity index (χ1n) is 5.53. The standard InChI is InChI=1S/C13H13N3O2/c1-2-18-6-5-13(17)16-12-4-3-10(8-14)11(7-12)9-15/h3-4,7H,2,5-6H2,1H3,(H,16,17). The molecule has 0 atom stereocenters. The summed E-state index contributed by atoms with van der Waals surface area (Å²) in [4.78, 5) is 11.5. The molecule has 0 bridgehead atoms. The number of hydrogen-bond donors (Lipinski definition) is 1. The molecule has 0 aliphatic heterocycles. The molecule has 1 aromatic rings. The summed E-state index contributed by atoms with van der Waals surface area (Å²) in [5.74, 6) is -0.183. The van der Waals surface area contributed by atoms with E-state index in [9.17, 15) is 4.79 Å². The van der Waals surface area contributed by atoms with Crippen molar-refractivity contribution >= 4 is 11.6 Å². The maximum atomic E-state index is 11.5. The first-order chi connectivity index (χ1) is 8.71. The Morgan fingerprint density at radius 3 is 2.67 bits per heavy atom. The van der Waals surface area contributed by atoms with Gasteiger partial charge in [0.15, 0.2) is 0 Å². The maximum Gasteiger partial charge on any atom is 0.226 e. The van der Waals surface area contributed by atoms with E-state index in [0.717, 1.165) is 0 Å². The molecular formula is C13H13N3O2. The van der Waals surface area contributed by atoms with Gasteiger partial charge in [-0.1, -0.05) is 0 Å². The minimum Gasteiger partial charge on any atom is -0.381 e. The molecule has 0 aromatic heterocycles. The van der Waals surface area contributed by atoms with E-state index in [1.807, 2.05) is 19.1 Å². The van der Waals surface area contributed by atoms with Crippen LogP contribution in [0.2, 0.25) is 0 Å². The Kier molecular flexibility index (Phi) is 5.37. The van der Waals surface area contributed by atoms with E-state index in [2.05, 4.69) is 5.32 Å². The Morgan fingerprint density at radius 1 is 1.33 bits per heavy atom. The van der Waals surface area contributed by atoms with Crippen molar-refractivity contribution < 1.29 is 9.53 Å². The minimum absolute atomic E-state index is 0.183. The van der Waals surface area contributed by atoms with Crippen molar-refractivity contribution in [1.29, 1.82) is 10.5 Å². The van der Waals surface area contributed by atoms with Crippen LogP contribution >= 0.6 is 0 Å². The Balaban J connectivity index is 2.66. The third-order valence-corrected chi connectivity index (χ3v) is 2.22. The molecule has 1 N–H and O–H groups in total.